The first-order valence-corrected chi connectivity index (χ1v) is 6.39. The summed E-state index contributed by atoms with van der Waals surface area (Å²) < 4.78 is 11.8. The van der Waals surface area contributed by atoms with E-state index in [1.807, 2.05) is 6.92 Å². The topological polar surface area (TPSA) is 65.4 Å². The fraction of sp³-hybridized carbons (Fsp3) is 0.636. The van der Waals surface area contributed by atoms with Gasteiger partial charge in [-0.25, -0.2) is 4.68 Å². The van der Waals surface area contributed by atoms with Gasteiger partial charge in [0, 0.05) is 20.3 Å². The first-order chi connectivity index (χ1) is 8.60. The van der Waals surface area contributed by atoms with Crippen molar-refractivity contribution in [3.63, 3.8) is 0 Å². The first-order valence-electron chi connectivity index (χ1n) is 5.60. The molecule has 18 heavy (non-hydrogen) atoms. The van der Waals surface area contributed by atoms with E-state index in [1.54, 1.807) is 20.4 Å². The van der Waals surface area contributed by atoms with Crippen LogP contribution in [0.4, 0.5) is 5.69 Å². The molecule has 0 aliphatic carbocycles. The van der Waals surface area contributed by atoms with E-state index in [9.17, 15) is 4.79 Å². The van der Waals surface area contributed by atoms with Gasteiger partial charge in [0.25, 0.3) is 5.56 Å². The molecule has 0 aromatic carbocycles. The summed E-state index contributed by atoms with van der Waals surface area (Å²) in [7, 11) is 3.22. The van der Waals surface area contributed by atoms with Crippen LogP contribution in [0.2, 0.25) is 0 Å². The third-order valence-electron chi connectivity index (χ3n) is 2.31. The monoisotopic (exact) mass is 319 g/mol. The molecule has 0 radical (unpaired) electrons. The van der Waals surface area contributed by atoms with Crippen LogP contribution in [0.1, 0.15) is 6.92 Å². The predicted octanol–water partition coefficient (Wildman–Crippen LogP) is 1.10. The maximum Gasteiger partial charge on any atom is 0.283 e. The van der Waals surface area contributed by atoms with Gasteiger partial charge in [-0.1, -0.05) is 0 Å². The molecule has 6 nitrogen and oxygen atoms in total. The third kappa shape index (κ3) is 4.08. The molecule has 102 valence electrons. The molecule has 0 fully saturated rings. The summed E-state index contributed by atoms with van der Waals surface area (Å²) in [6.45, 7) is 3.40. The SMILES string of the molecule is COCCn1ncc(NC(C)COC)c(Br)c1=O. The molecule has 0 amide bonds. The number of ether oxygens (including phenoxy) is 2. The summed E-state index contributed by atoms with van der Waals surface area (Å²) >= 11 is 3.29. The lowest BCUT2D eigenvalue weighted by molar-refractivity contribution is 0.181. The molecule has 0 aliphatic rings. The molecule has 1 heterocycles. The lowest BCUT2D eigenvalue weighted by Gasteiger charge is -2.15. The summed E-state index contributed by atoms with van der Waals surface area (Å²) in [6.07, 6.45) is 1.62. The van der Waals surface area contributed by atoms with Gasteiger partial charge in [-0.3, -0.25) is 4.79 Å². The molecule has 0 saturated heterocycles. The number of methoxy groups -OCH3 is 2. The Balaban J connectivity index is 2.83. The van der Waals surface area contributed by atoms with E-state index < -0.39 is 0 Å². The highest BCUT2D eigenvalue weighted by atomic mass is 79.9. The summed E-state index contributed by atoms with van der Waals surface area (Å²) in [4.78, 5) is 12.0. The van der Waals surface area contributed by atoms with Gasteiger partial charge in [-0.05, 0) is 22.9 Å². The quantitative estimate of drug-likeness (QED) is 0.815. The van der Waals surface area contributed by atoms with E-state index in [2.05, 4.69) is 26.3 Å². The maximum absolute atomic E-state index is 12.0. The molecule has 0 spiro atoms. The van der Waals surface area contributed by atoms with Gasteiger partial charge in [0.1, 0.15) is 4.47 Å². The highest BCUT2D eigenvalue weighted by molar-refractivity contribution is 9.10. The van der Waals surface area contributed by atoms with Crippen molar-refractivity contribution in [1.29, 1.82) is 0 Å². The van der Waals surface area contributed by atoms with Crippen LogP contribution >= 0.6 is 15.9 Å². The average molecular weight is 320 g/mol. The van der Waals surface area contributed by atoms with Crippen LogP contribution in [0.15, 0.2) is 15.5 Å². The van der Waals surface area contributed by atoms with Crippen LogP contribution in [0, 0.1) is 0 Å². The predicted molar refractivity (Wildman–Crippen MR) is 73.0 cm³/mol. The van der Waals surface area contributed by atoms with Gasteiger partial charge in [0.2, 0.25) is 0 Å². The molecule has 0 saturated carbocycles. The van der Waals surface area contributed by atoms with Crippen molar-refractivity contribution in [1.82, 2.24) is 9.78 Å². The number of hydrogen-bond acceptors (Lipinski definition) is 5. The number of halogens is 1. The maximum atomic E-state index is 12.0. The van der Waals surface area contributed by atoms with Crippen LogP contribution < -0.4 is 10.9 Å². The Morgan fingerprint density at radius 2 is 2.22 bits per heavy atom. The van der Waals surface area contributed by atoms with Crippen LogP contribution in [0.5, 0.6) is 0 Å². The number of hydrogen-bond donors (Lipinski definition) is 1. The molecule has 1 rings (SSSR count). The lowest BCUT2D eigenvalue weighted by atomic mass is 10.3. The molecule has 1 aromatic heterocycles. The van der Waals surface area contributed by atoms with Crippen LogP contribution in [0.3, 0.4) is 0 Å². The standard InChI is InChI=1S/C11H18BrN3O3/c1-8(7-18-3)14-9-6-13-15(4-5-17-2)11(16)10(9)12/h6,8,14H,4-5,7H2,1-3H3. The number of aromatic nitrogens is 2. The largest absolute Gasteiger partial charge is 0.383 e. The minimum absolute atomic E-state index is 0.0994. The van der Waals surface area contributed by atoms with Crippen LogP contribution in [0.25, 0.3) is 0 Å². The summed E-state index contributed by atoms with van der Waals surface area (Å²) in [5.41, 5.74) is 0.486. The molecular formula is C11H18BrN3O3. The smallest absolute Gasteiger partial charge is 0.283 e. The fourth-order valence-electron chi connectivity index (χ4n) is 1.46. The highest BCUT2D eigenvalue weighted by Crippen LogP contribution is 2.17. The second-order valence-corrected chi connectivity index (χ2v) is 4.69. The molecule has 0 bridgehead atoms. The van der Waals surface area contributed by atoms with E-state index in [-0.39, 0.29) is 11.6 Å². The lowest BCUT2D eigenvalue weighted by Crippen LogP contribution is -2.28. The summed E-state index contributed by atoms with van der Waals surface area (Å²) in [5.74, 6) is 0. The van der Waals surface area contributed by atoms with Crippen molar-refractivity contribution < 1.29 is 9.47 Å². The Kier molecular flexibility index (Phi) is 6.31. The van der Waals surface area contributed by atoms with Crippen molar-refractivity contribution in [2.45, 2.75) is 19.5 Å². The Morgan fingerprint density at radius 3 is 2.83 bits per heavy atom. The molecule has 1 aromatic rings. The van der Waals surface area contributed by atoms with E-state index in [4.69, 9.17) is 9.47 Å². The van der Waals surface area contributed by atoms with Gasteiger partial charge in [0.15, 0.2) is 0 Å². The van der Waals surface area contributed by atoms with Crippen LogP contribution in [-0.2, 0) is 16.0 Å². The van der Waals surface area contributed by atoms with Crippen molar-refractivity contribution in [3.8, 4) is 0 Å². The molecule has 1 unspecified atom stereocenters. The Labute approximate surface area is 114 Å². The average Bonchev–Trinajstić information content (AvgIpc) is 2.34. The third-order valence-corrected chi connectivity index (χ3v) is 3.08. The van der Waals surface area contributed by atoms with E-state index in [0.29, 0.717) is 29.9 Å². The van der Waals surface area contributed by atoms with Gasteiger partial charge in [0.05, 0.1) is 31.6 Å². The Morgan fingerprint density at radius 1 is 1.50 bits per heavy atom. The van der Waals surface area contributed by atoms with Crippen molar-refractivity contribution in [3.05, 3.63) is 21.0 Å². The Hall–Kier alpha value is -0.920. The zero-order valence-electron chi connectivity index (χ0n) is 10.8. The molecule has 1 N–H and O–H groups in total. The van der Waals surface area contributed by atoms with Crippen molar-refractivity contribution in [2.24, 2.45) is 0 Å². The van der Waals surface area contributed by atoms with Gasteiger partial charge in [-0.2, -0.15) is 5.10 Å². The van der Waals surface area contributed by atoms with Gasteiger partial charge in [-0.15, -0.1) is 0 Å². The highest BCUT2D eigenvalue weighted by Gasteiger charge is 2.10. The molecule has 0 aliphatic heterocycles. The second-order valence-electron chi connectivity index (χ2n) is 3.89. The Bertz CT molecular complexity index is 436. The number of anilines is 1. The fourth-order valence-corrected chi connectivity index (χ4v) is 1.88. The summed E-state index contributed by atoms with van der Waals surface area (Å²) in [6, 6.07) is 0.0994. The zero-order valence-corrected chi connectivity index (χ0v) is 12.4. The molecular weight excluding hydrogens is 302 g/mol. The van der Waals surface area contributed by atoms with Crippen LogP contribution in [-0.4, -0.2) is 43.3 Å². The van der Waals surface area contributed by atoms with E-state index >= 15 is 0 Å². The normalized spacial score (nSPS) is 12.4. The van der Waals surface area contributed by atoms with Crippen molar-refractivity contribution in [2.75, 3.05) is 32.8 Å². The number of nitrogens with one attached hydrogen (secondary N) is 1. The second kappa shape index (κ2) is 7.50. The zero-order chi connectivity index (χ0) is 13.5. The first kappa shape index (κ1) is 15.1. The van der Waals surface area contributed by atoms with Crippen molar-refractivity contribution >= 4 is 21.6 Å². The van der Waals surface area contributed by atoms with Gasteiger partial charge < -0.3 is 14.8 Å². The minimum atomic E-state index is -0.179. The minimum Gasteiger partial charge on any atom is -0.383 e. The summed E-state index contributed by atoms with van der Waals surface area (Å²) in [5, 5.41) is 7.24. The number of nitrogens with zero attached hydrogens (tertiary/aromatic N) is 2. The molecule has 7 heteroatoms. The van der Waals surface area contributed by atoms with E-state index in [0.717, 1.165) is 0 Å². The van der Waals surface area contributed by atoms with Gasteiger partial charge >= 0.3 is 0 Å². The van der Waals surface area contributed by atoms with E-state index in [1.165, 1.54) is 4.68 Å². The molecule has 1 atom stereocenters. The number of rotatable bonds is 7.